The fourth-order valence-electron chi connectivity index (χ4n) is 3.40. The summed E-state index contributed by atoms with van der Waals surface area (Å²) in [6.07, 6.45) is 4.96. The highest BCUT2D eigenvalue weighted by Gasteiger charge is 2.22. The van der Waals surface area contributed by atoms with Crippen molar-refractivity contribution in [1.82, 2.24) is 19.3 Å². The highest BCUT2D eigenvalue weighted by atomic mass is 35.5. The summed E-state index contributed by atoms with van der Waals surface area (Å²) >= 11 is 11.8. The maximum Gasteiger partial charge on any atom is 0.207 e. The molecular formula is C19H21ClN5OS+. The molecule has 1 aromatic carbocycles. The summed E-state index contributed by atoms with van der Waals surface area (Å²) < 4.78 is 4.49. The Morgan fingerprint density at radius 1 is 1.11 bits per heavy atom. The van der Waals surface area contributed by atoms with E-state index < -0.39 is 0 Å². The van der Waals surface area contributed by atoms with Gasteiger partial charge >= 0.3 is 0 Å². The molecule has 4 rings (SSSR count). The van der Waals surface area contributed by atoms with Crippen molar-refractivity contribution in [2.45, 2.75) is 25.6 Å². The smallest absolute Gasteiger partial charge is 0.207 e. The van der Waals surface area contributed by atoms with Crippen LogP contribution < -0.4 is 4.90 Å². The molecule has 0 radical (unpaired) electrons. The molecule has 2 N–H and O–H groups in total. The average Bonchev–Trinajstić information content (AvgIpc) is 3.01. The van der Waals surface area contributed by atoms with Crippen molar-refractivity contribution in [3.8, 4) is 17.1 Å². The number of hydrogen-bond donors (Lipinski definition) is 2. The summed E-state index contributed by atoms with van der Waals surface area (Å²) in [6.45, 7) is 2.52. The summed E-state index contributed by atoms with van der Waals surface area (Å²) in [5.74, 6) is 0.779. The van der Waals surface area contributed by atoms with Gasteiger partial charge in [0.2, 0.25) is 4.77 Å². The number of hydrogen-bond acceptors (Lipinski definition) is 4. The average molecular weight is 403 g/mol. The number of nitrogens with one attached hydrogen (secondary N) is 1. The molecule has 1 saturated heterocycles. The van der Waals surface area contributed by atoms with E-state index in [1.165, 1.54) is 4.90 Å². The Kier molecular flexibility index (Phi) is 5.36. The first-order valence-electron chi connectivity index (χ1n) is 8.99. The molecule has 27 heavy (non-hydrogen) atoms. The van der Waals surface area contributed by atoms with Crippen molar-refractivity contribution in [2.75, 3.05) is 13.1 Å². The van der Waals surface area contributed by atoms with E-state index >= 15 is 0 Å². The third kappa shape index (κ3) is 3.96. The predicted octanol–water partition coefficient (Wildman–Crippen LogP) is 2.12. The number of quaternary nitrogens is 1. The summed E-state index contributed by atoms with van der Waals surface area (Å²) in [7, 11) is 0. The number of aromatic nitrogens is 4. The summed E-state index contributed by atoms with van der Waals surface area (Å²) in [4.78, 5) is 5.47. The molecule has 3 heterocycles. The van der Waals surface area contributed by atoms with Gasteiger partial charge in [-0.1, -0.05) is 11.6 Å². The minimum atomic E-state index is -0.180. The molecule has 0 spiro atoms. The lowest BCUT2D eigenvalue weighted by Crippen LogP contribution is -3.12. The summed E-state index contributed by atoms with van der Waals surface area (Å²) in [5.41, 5.74) is 1.88. The highest BCUT2D eigenvalue weighted by molar-refractivity contribution is 7.71. The minimum Gasteiger partial charge on any atom is -0.393 e. The van der Waals surface area contributed by atoms with Crippen molar-refractivity contribution in [2.24, 2.45) is 0 Å². The van der Waals surface area contributed by atoms with Gasteiger partial charge in [0.15, 0.2) is 12.5 Å². The van der Waals surface area contributed by atoms with E-state index in [9.17, 15) is 5.11 Å². The molecule has 1 fully saturated rings. The number of likely N-dealkylation sites (tertiary alicyclic amines) is 1. The molecule has 8 heteroatoms. The van der Waals surface area contributed by atoms with Crippen LogP contribution in [0, 0.1) is 4.77 Å². The standard InChI is InChI=1S/C19H20ClN5OS/c20-15-1-3-16(4-2-15)25-18(14-5-9-21-10-6-14)22-24(19(25)27)13-23-11-7-17(26)8-12-23/h1-6,9-10,17,26H,7-8,11-13H2/p+1. The highest BCUT2D eigenvalue weighted by Crippen LogP contribution is 2.23. The molecule has 0 atom stereocenters. The van der Waals surface area contributed by atoms with Crippen LogP contribution in [-0.2, 0) is 6.67 Å². The van der Waals surface area contributed by atoms with E-state index in [0.717, 1.165) is 43.0 Å². The van der Waals surface area contributed by atoms with Crippen LogP contribution in [0.5, 0.6) is 0 Å². The molecule has 6 nitrogen and oxygen atoms in total. The third-order valence-corrected chi connectivity index (χ3v) is 5.54. The van der Waals surface area contributed by atoms with Gasteiger partial charge in [-0.05, 0) is 48.6 Å². The Morgan fingerprint density at radius 2 is 1.78 bits per heavy atom. The van der Waals surface area contributed by atoms with Crippen LogP contribution in [0.3, 0.4) is 0 Å². The first kappa shape index (κ1) is 18.3. The molecule has 0 aliphatic carbocycles. The quantitative estimate of drug-likeness (QED) is 0.656. The van der Waals surface area contributed by atoms with Gasteiger partial charge in [-0.25, -0.2) is 0 Å². The summed E-state index contributed by atoms with van der Waals surface area (Å²) in [5, 5.41) is 15.2. The zero-order valence-corrected chi connectivity index (χ0v) is 16.3. The number of nitrogens with zero attached hydrogens (tertiary/aromatic N) is 4. The second-order valence-corrected chi connectivity index (χ2v) is 7.59. The fourth-order valence-corrected chi connectivity index (χ4v) is 3.83. The van der Waals surface area contributed by atoms with Gasteiger partial charge < -0.3 is 10.0 Å². The Labute approximate surface area is 167 Å². The molecule has 0 bridgehead atoms. The second-order valence-electron chi connectivity index (χ2n) is 6.79. The van der Waals surface area contributed by atoms with E-state index in [4.69, 9.17) is 28.9 Å². The summed E-state index contributed by atoms with van der Waals surface area (Å²) in [6, 6.07) is 11.4. The number of piperidine rings is 1. The molecule has 1 aliphatic rings. The van der Waals surface area contributed by atoms with Crippen LogP contribution in [0.25, 0.3) is 17.1 Å². The van der Waals surface area contributed by atoms with Gasteiger partial charge in [0.05, 0.1) is 24.9 Å². The van der Waals surface area contributed by atoms with E-state index in [0.29, 0.717) is 16.5 Å². The monoisotopic (exact) mass is 402 g/mol. The molecule has 1 aliphatic heterocycles. The normalized spacial score (nSPS) is 19.9. The van der Waals surface area contributed by atoms with Gasteiger partial charge in [-0.3, -0.25) is 9.55 Å². The lowest BCUT2D eigenvalue weighted by Gasteiger charge is -2.26. The largest absolute Gasteiger partial charge is 0.393 e. The van der Waals surface area contributed by atoms with Gasteiger partial charge in [-0.2, -0.15) is 4.68 Å². The maximum atomic E-state index is 9.74. The second kappa shape index (κ2) is 7.90. The van der Waals surface area contributed by atoms with Crippen molar-refractivity contribution >= 4 is 23.8 Å². The third-order valence-electron chi connectivity index (χ3n) is 4.90. The first-order valence-corrected chi connectivity index (χ1v) is 9.78. The zero-order chi connectivity index (χ0) is 18.8. The lowest BCUT2D eigenvalue weighted by atomic mass is 10.1. The predicted molar refractivity (Wildman–Crippen MR) is 107 cm³/mol. The molecule has 2 aromatic heterocycles. The van der Waals surface area contributed by atoms with Gasteiger partial charge in [0, 0.05) is 35.8 Å². The van der Waals surface area contributed by atoms with Crippen molar-refractivity contribution in [3.63, 3.8) is 0 Å². The lowest BCUT2D eigenvalue weighted by molar-refractivity contribution is -0.929. The molecule has 3 aromatic rings. The number of rotatable bonds is 4. The fraction of sp³-hybridized carbons (Fsp3) is 0.316. The van der Waals surface area contributed by atoms with E-state index in [-0.39, 0.29) is 6.10 Å². The topological polar surface area (TPSA) is 60.3 Å². The zero-order valence-electron chi connectivity index (χ0n) is 14.8. The Hall–Kier alpha value is -2.06. The number of aliphatic hydroxyl groups excluding tert-OH is 1. The van der Waals surface area contributed by atoms with Crippen LogP contribution in [0.2, 0.25) is 5.02 Å². The SMILES string of the molecule is OC1CC[NH+](Cn2nc(-c3ccncc3)n(-c3ccc(Cl)cc3)c2=S)CC1. The number of benzene rings is 1. The van der Waals surface area contributed by atoms with Crippen LogP contribution in [0.1, 0.15) is 12.8 Å². The van der Waals surface area contributed by atoms with Crippen LogP contribution >= 0.6 is 23.8 Å². The minimum absolute atomic E-state index is 0.180. The molecular weight excluding hydrogens is 382 g/mol. The van der Waals surface area contributed by atoms with Crippen LogP contribution in [0.4, 0.5) is 0 Å². The Bertz CT molecular complexity index is 962. The molecule has 0 amide bonds. The van der Waals surface area contributed by atoms with Crippen molar-refractivity contribution in [1.29, 1.82) is 0 Å². The van der Waals surface area contributed by atoms with E-state index in [1.807, 2.05) is 45.6 Å². The number of aliphatic hydroxyl groups is 1. The van der Waals surface area contributed by atoms with E-state index in [2.05, 4.69) is 4.98 Å². The Morgan fingerprint density at radius 3 is 2.44 bits per heavy atom. The van der Waals surface area contributed by atoms with Gasteiger partial charge in [-0.15, -0.1) is 5.10 Å². The van der Waals surface area contributed by atoms with Gasteiger partial charge in [0.25, 0.3) is 0 Å². The molecule has 0 unspecified atom stereocenters. The maximum absolute atomic E-state index is 9.74. The number of pyridine rings is 1. The van der Waals surface area contributed by atoms with E-state index in [1.54, 1.807) is 12.4 Å². The van der Waals surface area contributed by atoms with Crippen LogP contribution in [-0.4, -0.2) is 43.6 Å². The van der Waals surface area contributed by atoms with Crippen molar-refractivity contribution < 1.29 is 10.0 Å². The first-order chi connectivity index (χ1) is 13.1. The molecule has 0 saturated carbocycles. The van der Waals surface area contributed by atoms with Crippen molar-refractivity contribution in [3.05, 3.63) is 58.6 Å². The Balaban J connectivity index is 1.75. The van der Waals surface area contributed by atoms with Gasteiger partial charge in [0.1, 0.15) is 0 Å². The number of halogens is 1. The van der Waals surface area contributed by atoms with Crippen LogP contribution in [0.15, 0.2) is 48.8 Å². The molecule has 140 valence electrons.